The molecule has 0 aliphatic heterocycles. The number of benzene rings is 1. The highest BCUT2D eigenvalue weighted by Gasteiger charge is 2.26. The molecule has 0 aliphatic rings. The lowest BCUT2D eigenvalue weighted by Crippen LogP contribution is -2.27. The van der Waals surface area contributed by atoms with Crippen LogP contribution in [-0.4, -0.2) is 29.9 Å². The van der Waals surface area contributed by atoms with Crippen LogP contribution in [0.1, 0.15) is 65.3 Å². The van der Waals surface area contributed by atoms with Gasteiger partial charge in [0.15, 0.2) is 5.82 Å². The van der Waals surface area contributed by atoms with Crippen LogP contribution in [0.15, 0.2) is 49.1 Å². The van der Waals surface area contributed by atoms with Crippen LogP contribution in [0.3, 0.4) is 0 Å². The third-order valence-corrected chi connectivity index (χ3v) is 6.06. The quantitative estimate of drug-likeness (QED) is 0.332. The van der Waals surface area contributed by atoms with E-state index in [-0.39, 0.29) is 22.9 Å². The zero-order chi connectivity index (χ0) is 24.7. The monoisotopic (exact) mass is 458 g/mol. The summed E-state index contributed by atoms with van der Waals surface area (Å²) in [5.74, 6) is 2.20. The molecule has 2 unspecified atom stereocenters. The van der Waals surface area contributed by atoms with E-state index in [0.29, 0.717) is 5.82 Å². The van der Waals surface area contributed by atoms with Crippen LogP contribution in [0.4, 0.5) is 0 Å². The second-order valence-corrected chi connectivity index (χ2v) is 10.9. The number of H-pyrrole nitrogens is 2. The molecule has 8 heteroatoms. The fourth-order valence-corrected chi connectivity index (χ4v) is 3.52. The van der Waals surface area contributed by atoms with Gasteiger partial charge in [-0.05, 0) is 16.4 Å². The van der Waals surface area contributed by atoms with Crippen molar-refractivity contribution in [1.29, 1.82) is 0 Å². The van der Waals surface area contributed by atoms with Crippen molar-refractivity contribution in [2.24, 2.45) is 22.3 Å². The molecule has 34 heavy (non-hydrogen) atoms. The summed E-state index contributed by atoms with van der Waals surface area (Å²) in [4.78, 5) is 24.7. The van der Waals surface area contributed by atoms with Crippen LogP contribution in [0.25, 0.3) is 33.9 Å². The van der Waals surface area contributed by atoms with E-state index in [0.717, 1.165) is 39.7 Å². The molecule has 0 saturated heterocycles. The van der Waals surface area contributed by atoms with Crippen molar-refractivity contribution in [3.63, 3.8) is 0 Å². The summed E-state index contributed by atoms with van der Waals surface area (Å²) < 4.78 is 0. The van der Waals surface area contributed by atoms with E-state index in [9.17, 15) is 0 Å². The molecule has 1 aromatic carbocycles. The SMILES string of the molecule is CC(C)(C)C(N)c1ncc(-c2ccc(-c3ncc(-c4cnc(C(N)C(C)(C)C)[nH]4)cn3)cc2)[nH]1. The minimum Gasteiger partial charge on any atom is -0.341 e. The van der Waals surface area contributed by atoms with E-state index < -0.39 is 0 Å². The lowest BCUT2D eigenvalue weighted by molar-refractivity contribution is 0.316. The number of aromatic amines is 2. The largest absolute Gasteiger partial charge is 0.341 e. The summed E-state index contributed by atoms with van der Waals surface area (Å²) in [6.45, 7) is 12.6. The molecule has 178 valence electrons. The predicted molar refractivity (Wildman–Crippen MR) is 135 cm³/mol. The number of nitrogens with two attached hydrogens (primary N) is 2. The maximum atomic E-state index is 6.33. The van der Waals surface area contributed by atoms with Gasteiger partial charge in [0.2, 0.25) is 0 Å². The Bertz CT molecular complexity index is 1140. The smallest absolute Gasteiger partial charge is 0.159 e. The van der Waals surface area contributed by atoms with Gasteiger partial charge in [-0.25, -0.2) is 19.9 Å². The van der Waals surface area contributed by atoms with E-state index in [1.165, 1.54) is 0 Å². The predicted octanol–water partition coefficient (Wildman–Crippen LogP) is 5.02. The Balaban J connectivity index is 1.49. The average molecular weight is 459 g/mol. The number of nitrogens with zero attached hydrogens (tertiary/aromatic N) is 4. The van der Waals surface area contributed by atoms with Crippen LogP contribution in [0, 0.1) is 10.8 Å². The van der Waals surface area contributed by atoms with E-state index in [2.05, 4.69) is 71.4 Å². The molecule has 4 aromatic rings. The third-order valence-electron chi connectivity index (χ3n) is 6.06. The van der Waals surface area contributed by atoms with Gasteiger partial charge < -0.3 is 21.4 Å². The normalized spacial score (nSPS) is 14.2. The highest BCUT2D eigenvalue weighted by molar-refractivity contribution is 5.66. The third kappa shape index (κ3) is 4.93. The zero-order valence-corrected chi connectivity index (χ0v) is 20.7. The minimum absolute atomic E-state index is 0.0706. The van der Waals surface area contributed by atoms with Crippen LogP contribution in [-0.2, 0) is 0 Å². The van der Waals surface area contributed by atoms with Crippen molar-refractivity contribution < 1.29 is 0 Å². The zero-order valence-electron chi connectivity index (χ0n) is 20.7. The van der Waals surface area contributed by atoms with Crippen molar-refractivity contribution in [2.75, 3.05) is 0 Å². The summed E-state index contributed by atoms with van der Waals surface area (Å²) in [6, 6.07) is 7.72. The van der Waals surface area contributed by atoms with Gasteiger partial charge in [0.25, 0.3) is 0 Å². The highest BCUT2D eigenvalue weighted by atomic mass is 15.0. The fraction of sp³-hybridized carbons (Fsp3) is 0.385. The Morgan fingerprint density at radius 3 is 1.44 bits per heavy atom. The van der Waals surface area contributed by atoms with Gasteiger partial charge in [-0.2, -0.15) is 0 Å². The summed E-state index contributed by atoms with van der Waals surface area (Å²) in [6.07, 6.45) is 7.19. The minimum atomic E-state index is -0.185. The second kappa shape index (κ2) is 8.77. The maximum Gasteiger partial charge on any atom is 0.159 e. The van der Waals surface area contributed by atoms with Crippen LogP contribution in [0.2, 0.25) is 0 Å². The molecule has 0 aliphatic carbocycles. The van der Waals surface area contributed by atoms with Crippen LogP contribution >= 0.6 is 0 Å². The summed E-state index contributed by atoms with van der Waals surface area (Å²) >= 11 is 0. The Kier molecular flexibility index (Phi) is 6.14. The first-order valence-corrected chi connectivity index (χ1v) is 11.5. The molecule has 8 nitrogen and oxygen atoms in total. The van der Waals surface area contributed by atoms with E-state index in [1.807, 2.05) is 30.5 Å². The molecule has 4 rings (SSSR count). The van der Waals surface area contributed by atoms with Gasteiger partial charge in [0, 0.05) is 23.5 Å². The average Bonchev–Trinajstić information content (AvgIpc) is 3.47. The molecule has 0 saturated carbocycles. The van der Waals surface area contributed by atoms with Gasteiger partial charge in [-0.3, -0.25) is 0 Å². The Hall–Kier alpha value is -3.36. The number of hydrogen-bond acceptors (Lipinski definition) is 6. The highest BCUT2D eigenvalue weighted by Crippen LogP contribution is 2.31. The summed E-state index contributed by atoms with van der Waals surface area (Å²) in [5.41, 5.74) is 17.1. The molecule has 0 spiro atoms. The maximum absolute atomic E-state index is 6.33. The van der Waals surface area contributed by atoms with Crippen molar-refractivity contribution in [1.82, 2.24) is 29.9 Å². The Labute approximate surface area is 200 Å². The topological polar surface area (TPSA) is 135 Å². The molecule has 0 fully saturated rings. The molecule has 0 bridgehead atoms. The van der Waals surface area contributed by atoms with E-state index >= 15 is 0 Å². The van der Waals surface area contributed by atoms with Crippen LogP contribution in [0.5, 0.6) is 0 Å². The molecule has 0 radical (unpaired) electrons. The molecule has 6 N–H and O–H groups in total. The van der Waals surface area contributed by atoms with E-state index in [4.69, 9.17) is 11.5 Å². The first-order chi connectivity index (χ1) is 15.9. The Morgan fingerprint density at radius 1 is 0.588 bits per heavy atom. The van der Waals surface area contributed by atoms with Crippen molar-refractivity contribution in [3.05, 3.63) is 60.7 Å². The van der Waals surface area contributed by atoms with Gasteiger partial charge in [0.05, 0.1) is 35.9 Å². The lowest BCUT2D eigenvalue weighted by Gasteiger charge is -2.25. The molecule has 2 atom stereocenters. The van der Waals surface area contributed by atoms with Gasteiger partial charge in [0.1, 0.15) is 11.6 Å². The first-order valence-electron chi connectivity index (χ1n) is 11.5. The van der Waals surface area contributed by atoms with Crippen LogP contribution < -0.4 is 11.5 Å². The molecule has 3 heterocycles. The number of rotatable bonds is 5. The first kappa shape index (κ1) is 23.8. The lowest BCUT2D eigenvalue weighted by atomic mass is 9.87. The molecule has 0 amide bonds. The van der Waals surface area contributed by atoms with Gasteiger partial charge >= 0.3 is 0 Å². The van der Waals surface area contributed by atoms with Gasteiger partial charge in [-0.15, -0.1) is 0 Å². The van der Waals surface area contributed by atoms with Gasteiger partial charge in [-0.1, -0.05) is 65.8 Å². The number of hydrogen-bond donors (Lipinski definition) is 4. The number of imidazole rings is 2. The standard InChI is InChI=1S/C26H34N8/c1-25(2,3)20(27)23-31-13-18(33-23)15-7-9-16(10-8-15)22-29-11-17(12-30-22)19-14-32-24(34-19)21(28)26(4,5)6/h7-14,20-21H,27-28H2,1-6H3,(H,31,33)(H,32,34). The number of aromatic nitrogens is 6. The molecule has 3 aromatic heterocycles. The summed E-state index contributed by atoms with van der Waals surface area (Å²) in [7, 11) is 0. The summed E-state index contributed by atoms with van der Waals surface area (Å²) in [5, 5.41) is 0. The van der Waals surface area contributed by atoms with Crippen molar-refractivity contribution in [3.8, 4) is 33.9 Å². The van der Waals surface area contributed by atoms with Crippen molar-refractivity contribution in [2.45, 2.75) is 53.6 Å². The Morgan fingerprint density at radius 2 is 1.00 bits per heavy atom. The fourth-order valence-electron chi connectivity index (χ4n) is 3.52. The van der Waals surface area contributed by atoms with Crippen molar-refractivity contribution >= 4 is 0 Å². The number of nitrogens with one attached hydrogen (secondary N) is 2. The van der Waals surface area contributed by atoms with E-state index in [1.54, 1.807) is 18.6 Å². The second-order valence-electron chi connectivity index (χ2n) is 10.9. The molecular weight excluding hydrogens is 424 g/mol. The molecular formula is C26H34N8.